The molecule has 0 fully saturated rings. The molecule has 0 bridgehead atoms. The molecule has 0 unspecified atom stereocenters. The molecule has 2 aromatic heterocycles. The minimum absolute atomic E-state index is 0.986. The third-order valence-electron chi connectivity index (χ3n) is 2.18. The zero-order valence-electron chi connectivity index (χ0n) is 8.60. The van der Waals surface area contributed by atoms with Crippen molar-refractivity contribution >= 4 is 16.5 Å². The highest BCUT2D eigenvalue weighted by atomic mass is 32.1. The van der Waals surface area contributed by atoms with Gasteiger partial charge in [0.1, 0.15) is 0 Å². The summed E-state index contributed by atoms with van der Waals surface area (Å²) in [6, 6.07) is 4.09. The Labute approximate surface area is 93.2 Å². The Kier molecular flexibility index (Phi) is 3.29. The molecular weight excluding hydrogens is 206 g/mol. The van der Waals surface area contributed by atoms with Gasteiger partial charge in [0.15, 0.2) is 5.13 Å². The number of nitrogens with zero attached hydrogens (tertiary/aromatic N) is 2. The van der Waals surface area contributed by atoms with Crippen molar-refractivity contribution in [2.75, 3.05) is 12.4 Å². The van der Waals surface area contributed by atoms with Crippen LogP contribution in [-0.4, -0.2) is 17.0 Å². The predicted octanol–water partition coefficient (Wildman–Crippen LogP) is 2.37. The number of anilines is 1. The molecule has 0 aliphatic rings. The molecule has 0 saturated heterocycles. The van der Waals surface area contributed by atoms with Gasteiger partial charge in [-0.25, -0.2) is 4.98 Å². The Hall–Kier alpha value is -1.42. The van der Waals surface area contributed by atoms with Gasteiger partial charge in [0.05, 0.1) is 5.69 Å². The van der Waals surface area contributed by atoms with E-state index >= 15 is 0 Å². The van der Waals surface area contributed by atoms with Crippen molar-refractivity contribution in [1.82, 2.24) is 9.97 Å². The van der Waals surface area contributed by atoms with E-state index in [0.29, 0.717) is 0 Å². The minimum Gasteiger partial charge on any atom is -0.365 e. The zero-order chi connectivity index (χ0) is 10.5. The molecule has 4 heteroatoms. The van der Waals surface area contributed by atoms with Crippen LogP contribution in [0.3, 0.4) is 0 Å². The summed E-state index contributed by atoms with van der Waals surface area (Å²) in [6.45, 7) is 0. The normalized spacial score (nSPS) is 10.2. The quantitative estimate of drug-likeness (QED) is 0.857. The van der Waals surface area contributed by atoms with Gasteiger partial charge in [0.25, 0.3) is 0 Å². The van der Waals surface area contributed by atoms with Gasteiger partial charge >= 0.3 is 0 Å². The Balaban J connectivity index is 1.93. The van der Waals surface area contributed by atoms with E-state index in [2.05, 4.69) is 20.7 Å². The van der Waals surface area contributed by atoms with Crippen molar-refractivity contribution in [3.05, 3.63) is 41.2 Å². The molecule has 2 rings (SSSR count). The lowest BCUT2D eigenvalue weighted by Crippen LogP contribution is -1.93. The molecule has 78 valence electrons. The van der Waals surface area contributed by atoms with Gasteiger partial charge in [-0.15, -0.1) is 11.3 Å². The van der Waals surface area contributed by atoms with Crippen LogP contribution in [0.15, 0.2) is 29.9 Å². The summed E-state index contributed by atoms with van der Waals surface area (Å²) >= 11 is 1.65. The predicted molar refractivity (Wildman–Crippen MR) is 63.3 cm³/mol. The van der Waals surface area contributed by atoms with Crippen molar-refractivity contribution < 1.29 is 0 Å². The van der Waals surface area contributed by atoms with E-state index in [4.69, 9.17) is 0 Å². The van der Waals surface area contributed by atoms with E-state index < -0.39 is 0 Å². The van der Waals surface area contributed by atoms with Crippen LogP contribution >= 0.6 is 11.3 Å². The fraction of sp³-hybridized carbons (Fsp3) is 0.273. The van der Waals surface area contributed by atoms with Crippen LogP contribution in [0.5, 0.6) is 0 Å². The van der Waals surface area contributed by atoms with Crippen LogP contribution < -0.4 is 5.32 Å². The lowest BCUT2D eigenvalue weighted by Gasteiger charge is -1.97. The van der Waals surface area contributed by atoms with Crippen LogP contribution in [0, 0.1) is 0 Å². The SMILES string of the molecule is CNc1nc(CCc2ccncc2)cs1. The Morgan fingerprint density at radius 1 is 1.27 bits per heavy atom. The molecular formula is C11H13N3S. The van der Waals surface area contributed by atoms with Crippen molar-refractivity contribution in [2.45, 2.75) is 12.8 Å². The van der Waals surface area contributed by atoms with Crippen molar-refractivity contribution in [2.24, 2.45) is 0 Å². The first-order chi connectivity index (χ1) is 7.38. The Morgan fingerprint density at radius 2 is 2.07 bits per heavy atom. The largest absolute Gasteiger partial charge is 0.365 e. The first-order valence-corrected chi connectivity index (χ1v) is 5.77. The maximum absolute atomic E-state index is 4.44. The average molecular weight is 219 g/mol. The van der Waals surface area contributed by atoms with E-state index in [1.807, 2.05) is 31.6 Å². The maximum atomic E-state index is 4.44. The molecule has 2 heterocycles. The summed E-state index contributed by atoms with van der Waals surface area (Å²) in [5.41, 5.74) is 2.46. The average Bonchev–Trinajstić information content (AvgIpc) is 2.76. The smallest absolute Gasteiger partial charge is 0.182 e. The fourth-order valence-corrected chi connectivity index (χ4v) is 2.06. The molecule has 0 spiro atoms. The van der Waals surface area contributed by atoms with Crippen LogP contribution in [-0.2, 0) is 12.8 Å². The second kappa shape index (κ2) is 4.89. The first-order valence-electron chi connectivity index (χ1n) is 4.89. The van der Waals surface area contributed by atoms with E-state index in [9.17, 15) is 0 Å². The van der Waals surface area contributed by atoms with E-state index in [1.165, 1.54) is 5.56 Å². The van der Waals surface area contributed by atoms with Gasteiger partial charge in [-0.2, -0.15) is 0 Å². The number of hydrogen-bond donors (Lipinski definition) is 1. The van der Waals surface area contributed by atoms with Crippen molar-refractivity contribution in [3.63, 3.8) is 0 Å². The molecule has 0 aliphatic heterocycles. The summed E-state index contributed by atoms with van der Waals surface area (Å²) in [5, 5.41) is 6.13. The van der Waals surface area contributed by atoms with Gasteiger partial charge in [-0.3, -0.25) is 4.98 Å². The highest BCUT2D eigenvalue weighted by molar-refractivity contribution is 7.13. The molecule has 0 radical (unpaired) electrons. The standard InChI is InChI=1S/C11H13N3S/c1-12-11-14-10(8-15-11)3-2-9-4-6-13-7-5-9/h4-8H,2-3H2,1H3,(H,12,14). The van der Waals surface area contributed by atoms with Gasteiger partial charge < -0.3 is 5.32 Å². The fourth-order valence-electron chi connectivity index (χ4n) is 1.36. The third-order valence-corrected chi connectivity index (χ3v) is 3.09. The Bertz CT molecular complexity index is 411. The third kappa shape index (κ3) is 2.76. The lowest BCUT2D eigenvalue weighted by molar-refractivity contribution is 0.923. The van der Waals surface area contributed by atoms with Crippen LogP contribution in [0.1, 0.15) is 11.3 Å². The summed E-state index contributed by atoms with van der Waals surface area (Å²) < 4.78 is 0. The Morgan fingerprint density at radius 3 is 2.73 bits per heavy atom. The highest BCUT2D eigenvalue weighted by Crippen LogP contribution is 2.15. The van der Waals surface area contributed by atoms with Crippen LogP contribution in [0.4, 0.5) is 5.13 Å². The van der Waals surface area contributed by atoms with E-state index in [1.54, 1.807) is 11.3 Å². The zero-order valence-corrected chi connectivity index (χ0v) is 9.42. The van der Waals surface area contributed by atoms with Gasteiger partial charge in [0, 0.05) is 24.8 Å². The molecule has 1 N–H and O–H groups in total. The molecule has 0 atom stereocenters. The van der Waals surface area contributed by atoms with Gasteiger partial charge in [-0.05, 0) is 30.5 Å². The molecule has 2 aromatic rings. The monoisotopic (exact) mass is 219 g/mol. The number of nitrogens with one attached hydrogen (secondary N) is 1. The minimum atomic E-state index is 0.986. The summed E-state index contributed by atoms with van der Waals surface area (Å²) in [5.74, 6) is 0. The number of aromatic nitrogens is 2. The van der Waals surface area contributed by atoms with Crippen molar-refractivity contribution in [3.8, 4) is 0 Å². The first kappa shape index (κ1) is 10.1. The lowest BCUT2D eigenvalue weighted by atomic mass is 10.1. The molecule has 3 nitrogen and oxygen atoms in total. The topological polar surface area (TPSA) is 37.8 Å². The molecule has 0 aliphatic carbocycles. The maximum Gasteiger partial charge on any atom is 0.182 e. The number of hydrogen-bond acceptors (Lipinski definition) is 4. The van der Waals surface area contributed by atoms with Gasteiger partial charge in [-0.1, -0.05) is 0 Å². The summed E-state index contributed by atoms with van der Waals surface area (Å²) in [7, 11) is 1.89. The summed E-state index contributed by atoms with van der Waals surface area (Å²) in [4.78, 5) is 8.43. The highest BCUT2D eigenvalue weighted by Gasteiger charge is 2.00. The number of aryl methyl sites for hydroxylation is 2. The second-order valence-electron chi connectivity index (χ2n) is 3.25. The number of pyridine rings is 1. The molecule has 0 amide bonds. The molecule has 15 heavy (non-hydrogen) atoms. The molecule has 0 aromatic carbocycles. The summed E-state index contributed by atoms with van der Waals surface area (Å²) in [6.07, 6.45) is 5.67. The van der Waals surface area contributed by atoms with Crippen LogP contribution in [0.25, 0.3) is 0 Å². The molecule has 0 saturated carbocycles. The van der Waals surface area contributed by atoms with E-state index in [-0.39, 0.29) is 0 Å². The second-order valence-corrected chi connectivity index (χ2v) is 4.11. The van der Waals surface area contributed by atoms with Gasteiger partial charge in [0.2, 0.25) is 0 Å². The van der Waals surface area contributed by atoms with E-state index in [0.717, 1.165) is 23.7 Å². The van der Waals surface area contributed by atoms with Crippen molar-refractivity contribution in [1.29, 1.82) is 0 Å². The number of rotatable bonds is 4. The number of thiazole rings is 1. The van der Waals surface area contributed by atoms with Crippen LogP contribution in [0.2, 0.25) is 0 Å².